The Balaban J connectivity index is 1.57. The molecule has 1 atom stereocenters. The van der Waals surface area contributed by atoms with Gasteiger partial charge in [0.1, 0.15) is 11.5 Å². The maximum atomic E-state index is 12.6. The van der Waals surface area contributed by atoms with Gasteiger partial charge < -0.3 is 15.0 Å². The summed E-state index contributed by atoms with van der Waals surface area (Å²) in [5.41, 5.74) is 0.653. The van der Waals surface area contributed by atoms with E-state index in [0.29, 0.717) is 30.3 Å². The smallest absolute Gasteiger partial charge is 0.253 e. The molecule has 0 spiro atoms. The number of ether oxygens (including phenoxy) is 1. The highest BCUT2D eigenvalue weighted by Gasteiger charge is 2.26. The van der Waals surface area contributed by atoms with Crippen molar-refractivity contribution < 1.29 is 14.3 Å². The number of para-hydroxylation sites is 1. The topological polar surface area (TPSA) is 58.6 Å². The van der Waals surface area contributed by atoms with Gasteiger partial charge in [0.25, 0.3) is 5.91 Å². The quantitative estimate of drug-likeness (QED) is 0.911. The number of amides is 2. The molecule has 1 fully saturated rings. The van der Waals surface area contributed by atoms with Crippen LogP contribution >= 0.6 is 0 Å². The van der Waals surface area contributed by atoms with Crippen molar-refractivity contribution in [3.05, 3.63) is 60.2 Å². The second-order valence-corrected chi connectivity index (χ2v) is 6.28. The van der Waals surface area contributed by atoms with E-state index in [1.54, 1.807) is 12.1 Å². The number of rotatable bonds is 5. The fourth-order valence-corrected chi connectivity index (χ4v) is 2.94. The first-order valence-corrected chi connectivity index (χ1v) is 8.48. The van der Waals surface area contributed by atoms with Crippen LogP contribution in [0.15, 0.2) is 54.6 Å². The van der Waals surface area contributed by atoms with Crippen molar-refractivity contribution >= 4 is 11.8 Å². The molecule has 0 bridgehead atoms. The van der Waals surface area contributed by atoms with Gasteiger partial charge in [-0.05, 0) is 48.7 Å². The Bertz CT molecular complexity index is 728. The zero-order chi connectivity index (χ0) is 17.6. The normalized spacial score (nSPS) is 16.5. The molecule has 25 heavy (non-hydrogen) atoms. The SMILES string of the molecule is CC(=O)NC[C@H]1CCN(C(=O)c2ccc(Oc3ccccc3)cc2)C1. The summed E-state index contributed by atoms with van der Waals surface area (Å²) >= 11 is 0. The molecular weight excluding hydrogens is 316 g/mol. The summed E-state index contributed by atoms with van der Waals surface area (Å²) in [6.07, 6.45) is 0.918. The van der Waals surface area contributed by atoms with Crippen molar-refractivity contribution in [3.8, 4) is 11.5 Å². The molecule has 1 aliphatic rings. The fourth-order valence-electron chi connectivity index (χ4n) is 2.94. The predicted octanol–water partition coefficient (Wildman–Crippen LogP) is 3.08. The molecule has 2 amide bonds. The van der Waals surface area contributed by atoms with Crippen LogP contribution in [0.5, 0.6) is 11.5 Å². The van der Waals surface area contributed by atoms with Crippen LogP contribution in [0.25, 0.3) is 0 Å². The minimum absolute atomic E-state index is 0.0246. The number of hydrogen-bond acceptors (Lipinski definition) is 3. The standard InChI is InChI=1S/C20H22N2O3/c1-15(23)21-13-16-11-12-22(14-16)20(24)17-7-9-19(10-8-17)25-18-5-3-2-4-6-18/h2-10,16H,11-14H2,1H3,(H,21,23)/t16-/m1/s1. The summed E-state index contributed by atoms with van der Waals surface area (Å²) in [4.78, 5) is 25.4. The average Bonchev–Trinajstić information content (AvgIpc) is 3.10. The van der Waals surface area contributed by atoms with Crippen molar-refractivity contribution in [2.75, 3.05) is 19.6 Å². The van der Waals surface area contributed by atoms with Gasteiger partial charge in [0.15, 0.2) is 0 Å². The Kier molecular flexibility index (Phi) is 5.33. The Hall–Kier alpha value is -2.82. The number of carbonyl (C=O) groups is 2. The average molecular weight is 338 g/mol. The Morgan fingerprint density at radius 2 is 1.76 bits per heavy atom. The summed E-state index contributed by atoms with van der Waals surface area (Å²) in [5, 5.41) is 2.82. The van der Waals surface area contributed by atoms with E-state index in [-0.39, 0.29) is 11.8 Å². The van der Waals surface area contributed by atoms with Crippen molar-refractivity contribution in [1.29, 1.82) is 0 Å². The summed E-state index contributed by atoms with van der Waals surface area (Å²) in [6.45, 7) is 3.55. The molecule has 0 unspecified atom stereocenters. The van der Waals surface area contributed by atoms with Crippen LogP contribution in [0, 0.1) is 5.92 Å². The van der Waals surface area contributed by atoms with Gasteiger partial charge in [-0.3, -0.25) is 9.59 Å². The zero-order valence-electron chi connectivity index (χ0n) is 14.3. The van der Waals surface area contributed by atoms with Gasteiger partial charge in [-0.25, -0.2) is 0 Å². The predicted molar refractivity (Wildman–Crippen MR) is 95.7 cm³/mol. The molecule has 0 radical (unpaired) electrons. The first kappa shape index (κ1) is 17.0. The molecule has 130 valence electrons. The van der Waals surface area contributed by atoms with E-state index in [9.17, 15) is 9.59 Å². The van der Waals surface area contributed by atoms with Crippen molar-refractivity contribution in [3.63, 3.8) is 0 Å². The first-order valence-electron chi connectivity index (χ1n) is 8.48. The van der Waals surface area contributed by atoms with E-state index in [2.05, 4.69) is 5.32 Å². The molecule has 0 saturated carbocycles. The molecule has 5 nitrogen and oxygen atoms in total. The minimum Gasteiger partial charge on any atom is -0.457 e. The second-order valence-electron chi connectivity index (χ2n) is 6.28. The van der Waals surface area contributed by atoms with Gasteiger partial charge in [-0.2, -0.15) is 0 Å². The highest BCUT2D eigenvalue weighted by Crippen LogP contribution is 2.23. The number of hydrogen-bond donors (Lipinski definition) is 1. The summed E-state index contributed by atoms with van der Waals surface area (Å²) in [5.74, 6) is 1.79. The van der Waals surface area contributed by atoms with Gasteiger partial charge in [-0.15, -0.1) is 0 Å². The number of benzene rings is 2. The monoisotopic (exact) mass is 338 g/mol. The highest BCUT2D eigenvalue weighted by molar-refractivity contribution is 5.94. The van der Waals surface area contributed by atoms with Crippen LogP contribution in [-0.4, -0.2) is 36.3 Å². The lowest BCUT2D eigenvalue weighted by atomic mass is 10.1. The van der Waals surface area contributed by atoms with Crippen LogP contribution in [-0.2, 0) is 4.79 Å². The third-order valence-corrected chi connectivity index (χ3v) is 4.29. The number of likely N-dealkylation sites (tertiary alicyclic amines) is 1. The minimum atomic E-state index is -0.0289. The van der Waals surface area contributed by atoms with Gasteiger partial charge in [0.05, 0.1) is 0 Å². The summed E-state index contributed by atoms with van der Waals surface area (Å²) in [6, 6.07) is 16.7. The van der Waals surface area contributed by atoms with Crippen LogP contribution in [0.1, 0.15) is 23.7 Å². The molecule has 1 N–H and O–H groups in total. The molecule has 2 aromatic rings. The maximum Gasteiger partial charge on any atom is 0.253 e. The highest BCUT2D eigenvalue weighted by atomic mass is 16.5. The molecular formula is C20H22N2O3. The van der Waals surface area contributed by atoms with Gasteiger partial charge in [0, 0.05) is 32.1 Å². The third kappa shape index (κ3) is 4.59. The van der Waals surface area contributed by atoms with E-state index in [0.717, 1.165) is 18.7 Å². The zero-order valence-corrected chi connectivity index (χ0v) is 14.3. The van der Waals surface area contributed by atoms with Crippen molar-refractivity contribution in [2.24, 2.45) is 5.92 Å². The van der Waals surface area contributed by atoms with Crippen LogP contribution in [0.3, 0.4) is 0 Å². The lowest BCUT2D eigenvalue weighted by Crippen LogP contribution is -2.32. The van der Waals surface area contributed by atoms with E-state index in [1.165, 1.54) is 6.92 Å². The maximum absolute atomic E-state index is 12.6. The van der Waals surface area contributed by atoms with Gasteiger partial charge in [0.2, 0.25) is 5.91 Å². The number of nitrogens with one attached hydrogen (secondary N) is 1. The number of carbonyl (C=O) groups excluding carboxylic acids is 2. The molecule has 1 heterocycles. The number of nitrogens with zero attached hydrogens (tertiary/aromatic N) is 1. The molecule has 0 aliphatic carbocycles. The van der Waals surface area contributed by atoms with E-state index in [1.807, 2.05) is 47.4 Å². The molecule has 0 aromatic heterocycles. The van der Waals surface area contributed by atoms with E-state index in [4.69, 9.17) is 4.74 Å². The van der Waals surface area contributed by atoms with Crippen LogP contribution < -0.4 is 10.1 Å². The van der Waals surface area contributed by atoms with Gasteiger partial charge in [-0.1, -0.05) is 18.2 Å². The molecule has 3 rings (SSSR count). The van der Waals surface area contributed by atoms with Crippen molar-refractivity contribution in [1.82, 2.24) is 10.2 Å². The molecule has 1 saturated heterocycles. The van der Waals surface area contributed by atoms with Crippen molar-refractivity contribution in [2.45, 2.75) is 13.3 Å². The van der Waals surface area contributed by atoms with Gasteiger partial charge >= 0.3 is 0 Å². The lowest BCUT2D eigenvalue weighted by Gasteiger charge is -2.17. The molecule has 5 heteroatoms. The third-order valence-electron chi connectivity index (χ3n) is 4.29. The van der Waals surface area contributed by atoms with E-state index < -0.39 is 0 Å². The fraction of sp³-hybridized carbons (Fsp3) is 0.300. The largest absolute Gasteiger partial charge is 0.457 e. The Morgan fingerprint density at radius 3 is 2.44 bits per heavy atom. The molecule has 2 aromatic carbocycles. The van der Waals surface area contributed by atoms with Crippen LogP contribution in [0.2, 0.25) is 0 Å². The first-order chi connectivity index (χ1) is 12.1. The lowest BCUT2D eigenvalue weighted by molar-refractivity contribution is -0.119. The molecule has 1 aliphatic heterocycles. The van der Waals surface area contributed by atoms with Crippen LogP contribution in [0.4, 0.5) is 0 Å². The van der Waals surface area contributed by atoms with E-state index >= 15 is 0 Å². The Morgan fingerprint density at radius 1 is 1.08 bits per heavy atom. The Labute approximate surface area is 147 Å². The second kappa shape index (κ2) is 7.83. The summed E-state index contributed by atoms with van der Waals surface area (Å²) < 4.78 is 5.74. The summed E-state index contributed by atoms with van der Waals surface area (Å²) in [7, 11) is 0.